The lowest BCUT2D eigenvalue weighted by Gasteiger charge is -1.98. The van der Waals surface area contributed by atoms with Crippen LogP contribution in [0.3, 0.4) is 0 Å². The van der Waals surface area contributed by atoms with Crippen LogP contribution in [0.15, 0.2) is 4.34 Å². The molecule has 0 atom stereocenters. The van der Waals surface area contributed by atoms with Crippen molar-refractivity contribution in [2.75, 3.05) is 5.75 Å². The van der Waals surface area contributed by atoms with Crippen molar-refractivity contribution in [1.82, 2.24) is 10.3 Å². The fourth-order valence-corrected chi connectivity index (χ4v) is 3.47. The zero-order valence-corrected chi connectivity index (χ0v) is 11.9. The Bertz CT molecular complexity index is 501. The summed E-state index contributed by atoms with van der Waals surface area (Å²) >= 11 is 2.76. The highest BCUT2D eigenvalue weighted by Crippen LogP contribution is 2.27. The molecule has 0 saturated carbocycles. The maximum Gasteiger partial charge on any atom is 0.318 e. The number of nitrogens with zero attached hydrogens (tertiary/aromatic N) is 1. The minimum atomic E-state index is -0.858. The van der Waals surface area contributed by atoms with E-state index in [0.29, 0.717) is 5.75 Å². The summed E-state index contributed by atoms with van der Waals surface area (Å²) in [5, 5.41) is 1.98. The zero-order chi connectivity index (χ0) is 14.4. The number of thioether (sulfide) groups is 1. The van der Waals surface area contributed by atoms with Crippen LogP contribution in [0.4, 0.5) is 4.79 Å². The van der Waals surface area contributed by atoms with Gasteiger partial charge in [-0.15, -0.1) is 11.3 Å². The average Bonchev–Trinajstić information content (AvgIpc) is 2.57. The largest absolute Gasteiger partial charge is 0.369 e. The van der Waals surface area contributed by atoms with Gasteiger partial charge < -0.3 is 11.5 Å². The predicted molar refractivity (Wildman–Crippen MR) is 72.8 cm³/mol. The van der Waals surface area contributed by atoms with Gasteiger partial charge in [0.25, 0.3) is 0 Å². The van der Waals surface area contributed by atoms with E-state index in [1.165, 1.54) is 23.1 Å². The van der Waals surface area contributed by atoms with Gasteiger partial charge in [0.05, 0.1) is 12.1 Å². The summed E-state index contributed by atoms with van der Waals surface area (Å²) in [4.78, 5) is 37.5. The molecule has 0 aromatic carbocycles. The number of nitrogens with two attached hydrogens (primary N) is 2. The molecule has 0 unspecified atom stereocenters. The monoisotopic (exact) mass is 302 g/mol. The predicted octanol–water partition coefficient (Wildman–Crippen LogP) is 0.156. The number of amides is 4. The van der Waals surface area contributed by atoms with Gasteiger partial charge in [-0.2, -0.15) is 0 Å². The number of aryl methyl sites for hydroxylation is 1. The van der Waals surface area contributed by atoms with E-state index in [2.05, 4.69) is 4.98 Å². The zero-order valence-electron chi connectivity index (χ0n) is 10.3. The Morgan fingerprint density at radius 2 is 2.05 bits per heavy atom. The smallest absolute Gasteiger partial charge is 0.318 e. The van der Waals surface area contributed by atoms with Crippen molar-refractivity contribution in [1.29, 1.82) is 0 Å². The third-order valence-corrected chi connectivity index (χ3v) is 4.33. The number of carbonyl (C=O) groups excluding carboxylic acids is 3. The summed E-state index contributed by atoms with van der Waals surface area (Å²) in [5.41, 5.74) is 10.7. The molecule has 104 valence electrons. The van der Waals surface area contributed by atoms with Gasteiger partial charge in [-0.1, -0.05) is 11.8 Å². The summed E-state index contributed by atoms with van der Waals surface area (Å²) in [6.45, 7) is 1.80. The molecule has 0 radical (unpaired) electrons. The summed E-state index contributed by atoms with van der Waals surface area (Å²) in [7, 11) is 0. The Morgan fingerprint density at radius 1 is 1.37 bits per heavy atom. The summed E-state index contributed by atoms with van der Waals surface area (Å²) < 4.78 is 0.764. The molecule has 7 nitrogen and oxygen atoms in total. The molecular weight excluding hydrogens is 288 g/mol. The Balaban J connectivity index is 2.43. The second-order valence-electron chi connectivity index (χ2n) is 3.64. The van der Waals surface area contributed by atoms with E-state index in [1.807, 2.05) is 5.32 Å². The summed E-state index contributed by atoms with van der Waals surface area (Å²) in [6.07, 6.45) is 0.337. The van der Waals surface area contributed by atoms with Gasteiger partial charge in [-0.25, -0.2) is 9.78 Å². The number of urea groups is 1. The number of aromatic nitrogens is 1. The highest BCUT2D eigenvalue weighted by Gasteiger charge is 2.11. The van der Waals surface area contributed by atoms with Crippen molar-refractivity contribution in [2.45, 2.75) is 24.1 Å². The minimum Gasteiger partial charge on any atom is -0.369 e. The number of carbonyl (C=O) groups is 3. The van der Waals surface area contributed by atoms with Crippen LogP contribution in [0.1, 0.15) is 17.0 Å². The van der Waals surface area contributed by atoms with Crippen molar-refractivity contribution in [3.8, 4) is 0 Å². The molecule has 5 N–H and O–H groups in total. The summed E-state index contributed by atoms with van der Waals surface area (Å²) in [5.74, 6) is -0.350. The van der Waals surface area contributed by atoms with Gasteiger partial charge >= 0.3 is 6.03 Å². The van der Waals surface area contributed by atoms with Crippen LogP contribution in [-0.2, 0) is 16.0 Å². The first-order chi connectivity index (χ1) is 8.88. The SMILES string of the molecule is Cc1nc(SCCC(=O)NC(N)=O)sc1CC(N)=O. The fraction of sp³-hybridized carbons (Fsp3) is 0.400. The molecule has 9 heteroatoms. The molecule has 1 heterocycles. The highest BCUT2D eigenvalue weighted by molar-refractivity contribution is 8.01. The molecule has 0 aliphatic heterocycles. The second-order valence-corrected chi connectivity index (χ2v) is 6.07. The van der Waals surface area contributed by atoms with Crippen LogP contribution in [0, 0.1) is 6.92 Å². The third-order valence-electron chi connectivity index (χ3n) is 2.03. The van der Waals surface area contributed by atoms with E-state index in [4.69, 9.17) is 11.5 Å². The van der Waals surface area contributed by atoms with E-state index in [1.54, 1.807) is 6.92 Å². The van der Waals surface area contributed by atoms with Gasteiger partial charge in [-0.05, 0) is 6.92 Å². The van der Waals surface area contributed by atoms with Crippen molar-refractivity contribution in [3.05, 3.63) is 10.6 Å². The molecular formula is C10H14N4O3S2. The number of imide groups is 1. The Labute approximate surface area is 118 Å². The summed E-state index contributed by atoms with van der Waals surface area (Å²) in [6, 6.07) is -0.858. The first-order valence-corrected chi connectivity index (χ1v) is 7.15. The van der Waals surface area contributed by atoms with Crippen LogP contribution in [0.5, 0.6) is 0 Å². The topological polar surface area (TPSA) is 128 Å². The number of thiazole rings is 1. The van der Waals surface area contributed by atoms with Gasteiger partial charge in [0.1, 0.15) is 4.34 Å². The number of hydrogen-bond donors (Lipinski definition) is 3. The van der Waals surface area contributed by atoms with Gasteiger partial charge in [-0.3, -0.25) is 14.9 Å². The Morgan fingerprint density at radius 3 is 2.63 bits per heavy atom. The van der Waals surface area contributed by atoms with Crippen LogP contribution in [0.2, 0.25) is 0 Å². The molecule has 1 rings (SSSR count). The molecule has 0 aliphatic rings. The highest BCUT2D eigenvalue weighted by atomic mass is 32.2. The lowest BCUT2D eigenvalue weighted by atomic mass is 10.3. The number of rotatable bonds is 6. The molecule has 0 aliphatic carbocycles. The van der Waals surface area contributed by atoms with E-state index >= 15 is 0 Å². The average molecular weight is 302 g/mol. The number of hydrogen-bond acceptors (Lipinski definition) is 6. The van der Waals surface area contributed by atoms with Crippen molar-refractivity contribution in [2.24, 2.45) is 11.5 Å². The van der Waals surface area contributed by atoms with E-state index in [9.17, 15) is 14.4 Å². The minimum absolute atomic E-state index is 0.164. The number of nitrogens with one attached hydrogen (secondary N) is 1. The molecule has 1 aromatic rings. The van der Waals surface area contributed by atoms with Crippen molar-refractivity contribution >= 4 is 40.9 Å². The standard InChI is InChI=1S/C10H14N4O3S2/c1-5-6(4-7(11)15)19-10(13-5)18-3-2-8(16)14-9(12)17/h2-4H2,1H3,(H2,11,15)(H3,12,14,16,17). The molecule has 19 heavy (non-hydrogen) atoms. The Hall–Kier alpha value is -1.61. The lowest BCUT2D eigenvalue weighted by molar-refractivity contribution is -0.119. The molecule has 1 aromatic heterocycles. The van der Waals surface area contributed by atoms with Crippen molar-refractivity contribution in [3.63, 3.8) is 0 Å². The van der Waals surface area contributed by atoms with Crippen LogP contribution >= 0.6 is 23.1 Å². The van der Waals surface area contributed by atoms with Crippen LogP contribution in [0.25, 0.3) is 0 Å². The van der Waals surface area contributed by atoms with Gasteiger partial charge in [0, 0.05) is 17.1 Å². The first kappa shape index (κ1) is 15.4. The molecule has 0 fully saturated rings. The van der Waals surface area contributed by atoms with E-state index < -0.39 is 17.8 Å². The fourth-order valence-electron chi connectivity index (χ4n) is 1.22. The number of primary amides is 2. The Kier molecular flexibility index (Phi) is 5.77. The molecule has 0 bridgehead atoms. The molecule has 0 saturated heterocycles. The van der Waals surface area contributed by atoms with E-state index in [-0.39, 0.29) is 12.8 Å². The third kappa shape index (κ3) is 5.71. The van der Waals surface area contributed by atoms with Crippen LogP contribution in [-0.4, -0.2) is 28.6 Å². The molecule has 0 spiro atoms. The van der Waals surface area contributed by atoms with Crippen LogP contribution < -0.4 is 16.8 Å². The quantitative estimate of drug-likeness (QED) is 0.645. The van der Waals surface area contributed by atoms with Gasteiger partial charge in [0.15, 0.2) is 0 Å². The normalized spacial score (nSPS) is 10.2. The molecule has 4 amide bonds. The lowest BCUT2D eigenvalue weighted by Crippen LogP contribution is -2.35. The maximum absolute atomic E-state index is 11.2. The van der Waals surface area contributed by atoms with E-state index in [0.717, 1.165) is 14.9 Å². The second kappa shape index (κ2) is 7.10. The van der Waals surface area contributed by atoms with Crippen molar-refractivity contribution < 1.29 is 14.4 Å². The first-order valence-electron chi connectivity index (χ1n) is 5.35. The van der Waals surface area contributed by atoms with Gasteiger partial charge in [0.2, 0.25) is 11.8 Å². The maximum atomic E-state index is 11.2.